The first-order chi connectivity index (χ1) is 9.49. The van der Waals surface area contributed by atoms with Gasteiger partial charge in [-0.2, -0.15) is 0 Å². The smallest absolute Gasteiger partial charge is 0.216 e. The lowest BCUT2D eigenvalue weighted by molar-refractivity contribution is -0.119. The Hall–Kier alpha value is -1.79. The Morgan fingerprint density at radius 2 is 2.05 bits per heavy atom. The van der Waals surface area contributed by atoms with Gasteiger partial charge in [0, 0.05) is 13.5 Å². The molecule has 0 radical (unpaired) electrons. The van der Waals surface area contributed by atoms with Gasteiger partial charge >= 0.3 is 0 Å². The minimum atomic E-state index is -1.12. The van der Waals surface area contributed by atoms with Crippen LogP contribution in [0.5, 0.6) is 11.5 Å². The second kappa shape index (κ2) is 7.72. The monoisotopic (exact) mass is 283 g/mol. The van der Waals surface area contributed by atoms with Crippen LogP contribution >= 0.6 is 0 Å². The van der Waals surface area contributed by atoms with Crippen LogP contribution in [0.1, 0.15) is 25.5 Å². The molecule has 3 N–H and O–H groups in total. The second-order valence-electron chi connectivity index (χ2n) is 4.29. The number of hydrogen-bond donors (Lipinski definition) is 3. The van der Waals surface area contributed by atoms with Gasteiger partial charge in [0.2, 0.25) is 5.91 Å². The molecule has 0 fully saturated rings. The minimum Gasteiger partial charge on any atom is -0.493 e. The zero-order chi connectivity index (χ0) is 15.1. The van der Waals surface area contributed by atoms with E-state index in [2.05, 4.69) is 5.32 Å². The molecule has 6 heteroatoms. The number of aliphatic hydroxyl groups is 2. The highest BCUT2D eigenvalue weighted by molar-refractivity contribution is 5.72. The fraction of sp³-hybridized carbons (Fsp3) is 0.500. The van der Waals surface area contributed by atoms with E-state index >= 15 is 0 Å². The number of methoxy groups -OCH3 is 1. The van der Waals surface area contributed by atoms with E-state index in [0.29, 0.717) is 23.7 Å². The SMILES string of the molecule is CCOc1ccc(C(O)C(O)CNC(C)=O)cc1OC. The molecular weight excluding hydrogens is 262 g/mol. The summed E-state index contributed by atoms with van der Waals surface area (Å²) >= 11 is 0. The lowest BCUT2D eigenvalue weighted by Crippen LogP contribution is -2.34. The molecule has 0 saturated carbocycles. The molecule has 1 aromatic rings. The molecule has 6 nitrogen and oxygen atoms in total. The average Bonchev–Trinajstić information content (AvgIpc) is 2.44. The maximum atomic E-state index is 10.8. The minimum absolute atomic E-state index is 0.0218. The fourth-order valence-corrected chi connectivity index (χ4v) is 1.72. The number of hydrogen-bond acceptors (Lipinski definition) is 5. The van der Waals surface area contributed by atoms with Crippen molar-refractivity contribution in [3.05, 3.63) is 23.8 Å². The Balaban J connectivity index is 2.82. The first kappa shape index (κ1) is 16.3. The molecule has 0 aromatic heterocycles. The van der Waals surface area contributed by atoms with Crippen molar-refractivity contribution in [1.82, 2.24) is 5.32 Å². The molecule has 1 aromatic carbocycles. The molecule has 0 heterocycles. The van der Waals surface area contributed by atoms with Crippen LogP contribution in [0.25, 0.3) is 0 Å². The van der Waals surface area contributed by atoms with Crippen molar-refractivity contribution >= 4 is 5.91 Å². The molecule has 0 aliphatic carbocycles. The van der Waals surface area contributed by atoms with Crippen LogP contribution in [0.4, 0.5) is 0 Å². The molecule has 0 aliphatic heterocycles. The topological polar surface area (TPSA) is 88.0 Å². The number of aliphatic hydroxyl groups excluding tert-OH is 2. The summed E-state index contributed by atoms with van der Waals surface area (Å²) in [6.07, 6.45) is -2.21. The predicted molar refractivity (Wildman–Crippen MR) is 73.8 cm³/mol. The van der Waals surface area contributed by atoms with Crippen molar-refractivity contribution in [1.29, 1.82) is 0 Å². The van der Waals surface area contributed by atoms with Gasteiger partial charge < -0.3 is 25.0 Å². The normalized spacial score (nSPS) is 13.4. The maximum absolute atomic E-state index is 10.8. The summed E-state index contributed by atoms with van der Waals surface area (Å²) in [5.74, 6) is 0.790. The molecular formula is C14H21NO5. The van der Waals surface area contributed by atoms with Gasteiger partial charge in [-0.3, -0.25) is 4.79 Å². The summed E-state index contributed by atoms with van der Waals surface area (Å²) in [7, 11) is 1.50. The van der Waals surface area contributed by atoms with Gasteiger partial charge in [-0.25, -0.2) is 0 Å². The average molecular weight is 283 g/mol. The van der Waals surface area contributed by atoms with E-state index < -0.39 is 12.2 Å². The standard InChI is InChI=1S/C14H21NO5/c1-4-20-12-6-5-10(7-13(12)19-3)14(18)11(17)8-15-9(2)16/h5-7,11,14,17-18H,4,8H2,1-3H3,(H,15,16). The number of nitrogens with one attached hydrogen (secondary N) is 1. The second-order valence-corrected chi connectivity index (χ2v) is 4.29. The van der Waals surface area contributed by atoms with Crippen LogP contribution in [0.15, 0.2) is 18.2 Å². The molecule has 1 rings (SSSR count). The molecule has 0 aliphatic rings. The van der Waals surface area contributed by atoms with Crippen molar-refractivity contribution in [3.63, 3.8) is 0 Å². The largest absolute Gasteiger partial charge is 0.493 e. The Bertz CT molecular complexity index is 449. The van der Waals surface area contributed by atoms with Gasteiger partial charge in [0.25, 0.3) is 0 Å². The number of rotatable bonds is 7. The van der Waals surface area contributed by atoms with Crippen LogP contribution in [0.3, 0.4) is 0 Å². The Morgan fingerprint density at radius 1 is 1.35 bits per heavy atom. The van der Waals surface area contributed by atoms with Gasteiger partial charge in [0.1, 0.15) is 12.2 Å². The van der Waals surface area contributed by atoms with Gasteiger partial charge in [-0.1, -0.05) is 6.07 Å². The summed E-state index contributed by atoms with van der Waals surface area (Å²) in [4.78, 5) is 10.8. The highest BCUT2D eigenvalue weighted by Crippen LogP contribution is 2.31. The third-order valence-electron chi connectivity index (χ3n) is 2.75. The van der Waals surface area contributed by atoms with Crippen molar-refractivity contribution in [2.75, 3.05) is 20.3 Å². The van der Waals surface area contributed by atoms with Crippen molar-refractivity contribution in [3.8, 4) is 11.5 Å². The zero-order valence-corrected chi connectivity index (χ0v) is 11.9. The first-order valence-electron chi connectivity index (χ1n) is 6.40. The summed E-state index contributed by atoms with van der Waals surface area (Å²) in [6, 6.07) is 4.92. The summed E-state index contributed by atoms with van der Waals surface area (Å²) < 4.78 is 10.6. The molecule has 112 valence electrons. The van der Waals surface area contributed by atoms with Gasteiger partial charge in [0.15, 0.2) is 11.5 Å². The summed E-state index contributed by atoms with van der Waals surface area (Å²) in [6.45, 7) is 3.69. The molecule has 20 heavy (non-hydrogen) atoms. The van der Waals surface area contributed by atoms with E-state index in [1.165, 1.54) is 14.0 Å². The lowest BCUT2D eigenvalue weighted by atomic mass is 10.0. The van der Waals surface area contributed by atoms with Crippen molar-refractivity contribution in [2.24, 2.45) is 0 Å². The van der Waals surface area contributed by atoms with Crippen LogP contribution in [-0.2, 0) is 4.79 Å². The van der Waals surface area contributed by atoms with Gasteiger partial charge in [0.05, 0.1) is 13.7 Å². The number of benzene rings is 1. The van der Waals surface area contributed by atoms with Crippen molar-refractivity contribution in [2.45, 2.75) is 26.1 Å². The van der Waals surface area contributed by atoms with Crippen molar-refractivity contribution < 1.29 is 24.5 Å². The predicted octanol–water partition coefficient (Wildman–Crippen LogP) is 0.624. The molecule has 0 saturated heterocycles. The number of carbonyl (C=O) groups excluding carboxylic acids is 1. The molecule has 2 unspecified atom stereocenters. The van der Waals surface area contributed by atoms with Crippen LogP contribution in [-0.4, -0.2) is 42.5 Å². The van der Waals surface area contributed by atoms with E-state index in [-0.39, 0.29) is 12.5 Å². The van der Waals surface area contributed by atoms with Crippen LogP contribution < -0.4 is 14.8 Å². The molecule has 2 atom stereocenters. The van der Waals surface area contributed by atoms with Gasteiger partial charge in [-0.15, -0.1) is 0 Å². The molecule has 0 bridgehead atoms. The van der Waals surface area contributed by atoms with Crippen LogP contribution in [0, 0.1) is 0 Å². The Morgan fingerprint density at radius 3 is 2.60 bits per heavy atom. The molecule has 1 amide bonds. The summed E-state index contributed by atoms with van der Waals surface area (Å²) in [5.41, 5.74) is 0.489. The van der Waals surface area contributed by atoms with E-state index in [1.807, 2.05) is 6.92 Å². The highest BCUT2D eigenvalue weighted by Gasteiger charge is 2.20. The Kier molecular flexibility index (Phi) is 6.27. The zero-order valence-electron chi connectivity index (χ0n) is 11.9. The van der Waals surface area contributed by atoms with E-state index in [1.54, 1.807) is 18.2 Å². The third kappa shape index (κ3) is 4.40. The fourth-order valence-electron chi connectivity index (χ4n) is 1.72. The Labute approximate surface area is 118 Å². The number of carbonyl (C=O) groups is 1. The van der Waals surface area contributed by atoms with Gasteiger partial charge in [-0.05, 0) is 24.6 Å². The quantitative estimate of drug-likeness (QED) is 0.683. The van der Waals surface area contributed by atoms with E-state index in [4.69, 9.17) is 9.47 Å². The number of ether oxygens (including phenoxy) is 2. The third-order valence-corrected chi connectivity index (χ3v) is 2.75. The first-order valence-corrected chi connectivity index (χ1v) is 6.40. The summed E-state index contributed by atoms with van der Waals surface area (Å²) in [5, 5.41) is 22.3. The molecule has 0 spiro atoms. The highest BCUT2D eigenvalue weighted by atomic mass is 16.5. The lowest BCUT2D eigenvalue weighted by Gasteiger charge is -2.19. The number of amides is 1. The maximum Gasteiger partial charge on any atom is 0.216 e. The van der Waals surface area contributed by atoms with E-state index in [9.17, 15) is 15.0 Å². The van der Waals surface area contributed by atoms with Crippen LogP contribution in [0.2, 0.25) is 0 Å². The van der Waals surface area contributed by atoms with E-state index in [0.717, 1.165) is 0 Å².